The molecule has 4 heterocycles. The molecule has 2 aromatic heterocycles. The van der Waals surface area contributed by atoms with Crippen molar-refractivity contribution < 1.29 is 9.53 Å². The molecule has 2 aliphatic heterocycles. The van der Waals surface area contributed by atoms with Gasteiger partial charge in [-0.3, -0.25) is 4.79 Å². The SMILES string of the molecule is O=C1Nc2cnc3[nH]ccc3c2NC12CCOC2. The van der Waals surface area contributed by atoms with Crippen molar-refractivity contribution in [2.24, 2.45) is 0 Å². The highest BCUT2D eigenvalue weighted by Crippen LogP contribution is 2.38. The number of hydrogen-bond acceptors (Lipinski definition) is 4. The topological polar surface area (TPSA) is 79.0 Å². The number of aromatic nitrogens is 2. The Kier molecular flexibility index (Phi) is 1.78. The van der Waals surface area contributed by atoms with Gasteiger partial charge in [-0.25, -0.2) is 4.98 Å². The molecule has 1 atom stereocenters. The zero-order chi connectivity index (χ0) is 12.2. The molecule has 1 fully saturated rings. The number of carbonyl (C=O) groups excluding carboxylic acids is 1. The summed E-state index contributed by atoms with van der Waals surface area (Å²) in [7, 11) is 0. The third kappa shape index (κ3) is 1.15. The smallest absolute Gasteiger partial charge is 0.252 e. The summed E-state index contributed by atoms with van der Waals surface area (Å²) >= 11 is 0. The predicted molar refractivity (Wildman–Crippen MR) is 66.5 cm³/mol. The number of nitrogens with one attached hydrogen (secondary N) is 3. The van der Waals surface area contributed by atoms with Crippen LogP contribution in [0.4, 0.5) is 11.4 Å². The summed E-state index contributed by atoms with van der Waals surface area (Å²) in [4.78, 5) is 19.5. The van der Waals surface area contributed by atoms with E-state index in [9.17, 15) is 4.79 Å². The Bertz CT molecular complexity index is 643. The Morgan fingerprint density at radius 1 is 1.44 bits per heavy atom. The first-order chi connectivity index (χ1) is 8.78. The molecule has 3 N–H and O–H groups in total. The lowest BCUT2D eigenvalue weighted by Crippen LogP contribution is -2.53. The number of fused-ring (bicyclic) bond motifs is 3. The number of H-pyrrole nitrogens is 1. The highest BCUT2D eigenvalue weighted by Gasteiger charge is 2.45. The Morgan fingerprint density at radius 2 is 2.39 bits per heavy atom. The molecular weight excluding hydrogens is 232 g/mol. The van der Waals surface area contributed by atoms with Crippen LogP contribution in [-0.2, 0) is 9.53 Å². The van der Waals surface area contributed by atoms with Gasteiger partial charge in [0.25, 0.3) is 5.91 Å². The second-order valence-corrected chi connectivity index (χ2v) is 4.75. The molecule has 4 rings (SSSR count). The Hall–Kier alpha value is -2.08. The molecule has 1 saturated heterocycles. The number of rotatable bonds is 0. The van der Waals surface area contributed by atoms with E-state index in [1.807, 2.05) is 12.3 Å². The van der Waals surface area contributed by atoms with Crippen molar-refractivity contribution in [3.05, 3.63) is 18.5 Å². The van der Waals surface area contributed by atoms with E-state index in [1.165, 1.54) is 0 Å². The van der Waals surface area contributed by atoms with E-state index in [1.54, 1.807) is 6.20 Å². The van der Waals surface area contributed by atoms with Gasteiger partial charge in [-0.2, -0.15) is 0 Å². The fourth-order valence-corrected chi connectivity index (χ4v) is 2.62. The van der Waals surface area contributed by atoms with E-state index in [0.717, 1.165) is 22.4 Å². The lowest BCUT2D eigenvalue weighted by molar-refractivity contribution is -0.120. The van der Waals surface area contributed by atoms with E-state index in [0.29, 0.717) is 19.6 Å². The number of pyridine rings is 1. The molecular formula is C12H12N4O2. The quantitative estimate of drug-likeness (QED) is 0.648. The maximum Gasteiger partial charge on any atom is 0.252 e. The van der Waals surface area contributed by atoms with Crippen LogP contribution in [0.1, 0.15) is 6.42 Å². The molecule has 2 aliphatic rings. The van der Waals surface area contributed by atoms with Crippen molar-refractivity contribution in [2.45, 2.75) is 12.0 Å². The maximum absolute atomic E-state index is 12.2. The van der Waals surface area contributed by atoms with Crippen LogP contribution in [-0.4, -0.2) is 34.6 Å². The normalized spacial score (nSPS) is 26.1. The second-order valence-electron chi connectivity index (χ2n) is 4.75. The highest BCUT2D eigenvalue weighted by atomic mass is 16.5. The summed E-state index contributed by atoms with van der Waals surface area (Å²) in [6.45, 7) is 1.02. The van der Waals surface area contributed by atoms with E-state index in [-0.39, 0.29) is 5.91 Å². The van der Waals surface area contributed by atoms with E-state index in [2.05, 4.69) is 20.6 Å². The van der Waals surface area contributed by atoms with Crippen LogP contribution < -0.4 is 10.6 Å². The van der Waals surface area contributed by atoms with E-state index < -0.39 is 5.54 Å². The van der Waals surface area contributed by atoms with Crippen LogP contribution >= 0.6 is 0 Å². The zero-order valence-electron chi connectivity index (χ0n) is 9.62. The van der Waals surface area contributed by atoms with Gasteiger partial charge in [0.2, 0.25) is 0 Å². The second kappa shape index (κ2) is 3.23. The third-order valence-corrected chi connectivity index (χ3v) is 3.66. The van der Waals surface area contributed by atoms with Crippen molar-refractivity contribution in [3.8, 4) is 0 Å². The number of hydrogen-bond donors (Lipinski definition) is 3. The monoisotopic (exact) mass is 244 g/mol. The standard InChI is InChI=1S/C12H12N4O2/c17-11-12(2-4-18-6-12)16-9-7-1-3-13-10(7)14-5-8(9)15-11/h1,3,5,16H,2,4,6H2,(H,13,14)(H,15,17). The average Bonchev–Trinajstić information content (AvgIpc) is 3.00. The zero-order valence-corrected chi connectivity index (χ0v) is 9.62. The molecule has 0 aliphatic carbocycles. The van der Waals surface area contributed by atoms with Gasteiger partial charge >= 0.3 is 0 Å². The number of ether oxygens (including phenoxy) is 1. The molecule has 0 saturated carbocycles. The lowest BCUT2D eigenvalue weighted by atomic mass is 9.94. The largest absolute Gasteiger partial charge is 0.378 e. The molecule has 6 heteroatoms. The minimum atomic E-state index is -0.626. The van der Waals surface area contributed by atoms with Gasteiger partial charge in [0.15, 0.2) is 0 Å². The van der Waals surface area contributed by atoms with Gasteiger partial charge in [-0.05, 0) is 6.07 Å². The maximum atomic E-state index is 12.2. The Morgan fingerprint density at radius 3 is 3.22 bits per heavy atom. The van der Waals surface area contributed by atoms with Crippen LogP contribution in [0.25, 0.3) is 11.0 Å². The molecule has 0 bridgehead atoms. The molecule has 6 nitrogen and oxygen atoms in total. The van der Waals surface area contributed by atoms with Gasteiger partial charge in [-0.1, -0.05) is 0 Å². The number of anilines is 2. The molecule has 1 spiro atoms. The number of amides is 1. The van der Waals surface area contributed by atoms with Gasteiger partial charge < -0.3 is 20.4 Å². The van der Waals surface area contributed by atoms with Crippen molar-refractivity contribution >= 4 is 28.3 Å². The first kappa shape index (κ1) is 9.90. The Balaban J connectivity index is 1.91. The number of aromatic amines is 1. The van der Waals surface area contributed by atoms with E-state index >= 15 is 0 Å². The summed E-state index contributed by atoms with van der Waals surface area (Å²) in [5.41, 5.74) is 1.83. The summed E-state index contributed by atoms with van der Waals surface area (Å²) in [6, 6.07) is 1.95. The summed E-state index contributed by atoms with van der Waals surface area (Å²) < 4.78 is 5.37. The van der Waals surface area contributed by atoms with Gasteiger partial charge in [0.05, 0.1) is 24.2 Å². The van der Waals surface area contributed by atoms with Crippen molar-refractivity contribution in [2.75, 3.05) is 23.8 Å². The van der Waals surface area contributed by atoms with Crippen LogP contribution in [0.2, 0.25) is 0 Å². The van der Waals surface area contributed by atoms with Gasteiger partial charge in [0.1, 0.15) is 11.2 Å². The molecule has 1 unspecified atom stereocenters. The number of nitrogens with zero attached hydrogens (tertiary/aromatic N) is 1. The fourth-order valence-electron chi connectivity index (χ4n) is 2.62. The van der Waals surface area contributed by atoms with Gasteiger partial charge in [0, 0.05) is 24.6 Å². The van der Waals surface area contributed by atoms with Crippen molar-refractivity contribution in [1.82, 2.24) is 9.97 Å². The summed E-state index contributed by atoms with van der Waals surface area (Å²) in [5, 5.41) is 7.26. The number of carbonyl (C=O) groups is 1. The first-order valence-corrected chi connectivity index (χ1v) is 5.92. The molecule has 2 aromatic rings. The summed E-state index contributed by atoms with van der Waals surface area (Å²) in [5.74, 6) is -0.0378. The summed E-state index contributed by atoms with van der Waals surface area (Å²) in [6.07, 6.45) is 4.20. The lowest BCUT2D eigenvalue weighted by Gasteiger charge is -2.34. The van der Waals surface area contributed by atoms with Crippen LogP contribution in [0.3, 0.4) is 0 Å². The minimum absolute atomic E-state index is 0.0378. The predicted octanol–water partition coefficient (Wildman–Crippen LogP) is 1.09. The molecule has 1 amide bonds. The molecule has 18 heavy (non-hydrogen) atoms. The molecule has 0 aromatic carbocycles. The fraction of sp³-hybridized carbons (Fsp3) is 0.333. The van der Waals surface area contributed by atoms with Gasteiger partial charge in [-0.15, -0.1) is 0 Å². The minimum Gasteiger partial charge on any atom is -0.378 e. The molecule has 0 radical (unpaired) electrons. The third-order valence-electron chi connectivity index (χ3n) is 3.66. The average molecular weight is 244 g/mol. The first-order valence-electron chi connectivity index (χ1n) is 5.92. The van der Waals surface area contributed by atoms with E-state index in [4.69, 9.17) is 4.74 Å². The van der Waals surface area contributed by atoms with Crippen LogP contribution in [0, 0.1) is 0 Å². The molecule has 92 valence electrons. The van der Waals surface area contributed by atoms with Crippen molar-refractivity contribution in [1.29, 1.82) is 0 Å². The van der Waals surface area contributed by atoms with Crippen LogP contribution in [0.15, 0.2) is 18.5 Å². The Labute approximate surface area is 103 Å². The van der Waals surface area contributed by atoms with Crippen molar-refractivity contribution in [3.63, 3.8) is 0 Å². The van der Waals surface area contributed by atoms with Crippen LogP contribution in [0.5, 0.6) is 0 Å². The highest BCUT2D eigenvalue weighted by molar-refractivity contribution is 6.11.